The molecule has 2 aliphatic carbocycles. The molecule has 0 radical (unpaired) electrons. The molecule has 18 heavy (non-hydrogen) atoms. The van der Waals surface area contributed by atoms with E-state index in [-0.39, 0.29) is 29.3 Å². The maximum absolute atomic E-state index is 11.7. The van der Waals surface area contributed by atoms with Crippen molar-refractivity contribution < 1.29 is 14.7 Å². The lowest BCUT2D eigenvalue weighted by Gasteiger charge is -2.41. The van der Waals surface area contributed by atoms with Gasteiger partial charge in [0.2, 0.25) is 0 Å². The van der Waals surface area contributed by atoms with Crippen LogP contribution in [0.3, 0.4) is 0 Å². The van der Waals surface area contributed by atoms with Crippen molar-refractivity contribution in [2.45, 2.75) is 32.8 Å². The first-order valence-electron chi connectivity index (χ1n) is 6.39. The molecule has 1 saturated heterocycles. The van der Waals surface area contributed by atoms with Gasteiger partial charge in [-0.15, -0.1) is 0 Å². The van der Waals surface area contributed by atoms with Crippen molar-refractivity contribution in [2.24, 2.45) is 22.4 Å². The standard InChI is InChI=1S/C14H17NO3/c1-8-10-4-6-14(2)5-3-9(15-17)7-11(14)12(10)18-13(8)16/h3,5,7-8,10,12,17H,4,6H2,1-2H3/b15-9+/t8-,10?,12-,14?/m0/s1. The molecule has 0 bridgehead atoms. The molecular formula is C14H17NO3. The summed E-state index contributed by atoms with van der Waals surface area (Å²) in [5.41, 5.74) is 1.53. The van der Waals surface area contributed by atoms with E-state index in [0.29, 0.717) is 5.71 Å². The molecule has 1 aliphatic heterocycles. The highest BCUT2D eigenvalue weighted by molar-refractivity contribution is 6.05. The van der Waals surface area contributed by atoms with Crippen LogP contribution in [0.25, 0.3) is 0 Å². The molecule has 3 aliphatic rings. The average molecular weight is 247 g/mol. The number of hydrogen-bond acceptors (Lipinski definition) is 4. The number of allylic oxidation sites excluding steroid dienone is 3. The third-order valence-electron chi connectivity index (χ3n) is 4.65. The minimum absolute atomic E-state index is 0.0270. The minimum Gasteiger partial charge on any atom is -0.457 e. The van der Waals surface area contributed by atoms with Crippen molar-refractivity contribution in [3.8, 4) is 0 Å². The quantitative estimate of drug-likeness (QED) is 0.406. The second-order valence-electron chi connectivity index (χ2n) is 5.72. The summed E-state index contributed by atoms with van der Waals surface area (Å²) < 4.78 is 5.53. The van der Waals surface area contributed by atoms with Gasteiger partial charge in [-0.3, -0.25) is 4.79 Å². The van der Waals surface area contributed by atoms with Crippen LogP contribution in [0, 0.1) is 17.3 Å². The van der Waals surface area contributed by atoms with Crippen molar-refractivity contribution >= 4 is 11.7 Å². The van der Waals surface area contributed by atoms with Gasteiger partial charge in [0.05, 0.1) is 5.92 Å². The van der Waals surface area contributed by atoms with Crippen LogP contribution in [-0.4, -0.2) is 23.0 Å². The summed E-state index contributed by atoms with van der Waals surface area (Å²) in [6.45, 7) is 4.09. The van der Waals surface area contributed by atoms with E-state index in [1.165, 1.54) is 0 Å². The zero-order valence-corrected chi connectivity index (χ0v) is 10.6. The summed E-state index contributed by atoms with van der Waals surface area (Å²) in [4.78, 5) is 11.7. The fraction of sp³-hybridized carbons (Fsp3) is 0.571. The molecule has 3 rings (SSSR count). The van der Waals surface area contributed by atoms with Crippen LogP contribution < -0.4 is 0 Å². The molecule has 4 nitrogen and oxygen atoms in total. The van der Waals surface area contributed by atoms with Gasteiger partial charge in [0.25, 0.3) is 0 Å². The van der Waals surface area contributed by atoms with Crippen molar-refractivity contribution in [3.05, 3.63) is 23.8 Å². The summed E-state index contributed by atoms with van der Waals surface area (Å²) >= 11 is 0. The van der Waals surface area contributed by atoms with Crippen molar-refractivity contribution in [3.63, 3.8) is 0 Å². The van der Waals surface area contributed by atoms with Gasteiger partial charge < -0.3 is 9.94 Å². The molecule has 4 atom stereocenters. The van der Waals surface area contributed by atoms with Crippen molar-refractivity contribution in [2.75, 3.05) is 0 Å². The van der Waals surface area contributed by atoms with Crippen molar-refractivity contribution in [1.82, 2.24) is 0 Å². The zero-order chi connectivity index (χ0) is 12.9. The monoisotopic (exact) mass is 247 g/mol. The third-order valence-corrected chi connectivity index (χ3v) is 4.65. The Morgan fingerprint density at radius 2 is 2.33 bits per heavy atom. The number of ether oxygens (including phenoxy) is 1. The lowest BCUT2D eigenvalue weighted by atomic mass is 9.63. The molecule has 0 aromatic carbocycles. The van der Waals surface area contributed by atoms with Crippen LogP contribution in [0.2, 0.25) is 0 Å². The maximum atomic E-state index is 11.7. The molecule has 1 saturated carbocycles. The Kier molecular flexibility index (Phi) is 2.37. The number of rotatable bonds is 0. The predicted octanol–water partition coefficient (Wildman–Crippen LogP) is 2.29. The Labute approximate surface area is 106 Å². The SMILES string of the molecule is C[C@@H]1C(=O)O[C@@H]2C3=C/C(=N/O)C=CC3(C)CCC12. The van der Waals surface area contributed by atoms with Gasteiger partial charge in [0.15, 0.2) is 0 Å². The van der Waals surface area contributed by atoms with Crippen LogP contribution in [0.5, 0.6) is 0 Å². The van der Waals surface area contributed by atoms with Crippen LogP contribution in [0.4, 0.5) is 0 Å². The number of oxime groups is 1. The first-order valence-corrected chi connectivity index (χ1v) is 6.39. The number of carbonyl (C=O) groups excluding carboxylic acids is 1. The third kappa shape index (κ3) is 1.44. The molecule has 1 N–H and O–H groups in total. The average Bonchev–Trinajstić information content (AvgIpc) is 2.65. The highest BCUT2D eigenvalue weighted by Crippen LogP contribution is 2.51. The predicted molar refractivity (Wildman–Crippen MR) is 66.3 cm³/mol. The van der Waals surface area contributed by atoms with E-state index in [4.69, 9.17) is 9.94 Å². The molecule has 2 fully saturated rings. The van der Waals surface area contributed by atoms with Crippen LogP contribution >= 0.6 is 0 Å². The van der Waals surface area contributed by atoms with Gasteiger partial charge in [0.1, 0.15) is 11.8 Å². The Balaban J connectivity index is 2.02. The van der Waals surface area contributed by atoms with E-state index in [2.05, 4.69) is 18.2 Å². The number of hydrogen-bond donors (Lipinski definition) is 1. The van der Waals surface area contributed by atoms with E-state index in [1.807, 2.05) is 19.1 Å². The van der Waals surface area contributed by atoms with Gasteiger partial charge in [-0.1, -0.05) is 25.1 Å². The van der Waals surface area contributed by atoms with Gasteiger partial charge in [-0.25, -0.2) is 0 Å². The molecule has 1 heterocycles. The second kappa shape index (κ2) is 3.70. The summed E-state index contributed by atoms with van der Waals surface area (Å²) in [5, 5.41) is 12.1. The van der Waals surface area contributed by atoms with E-state index in [1.54, 1.807) is 0 Å². The molecule has 96 valence electrons. The van der Waals surface area contributed by atoms with Gasteiger partial charge in [0, 0.05) is 11.3 Å². The smallest absolute Gasteiger partial charge is 0.309 e. The molecule has 2 unspecified atom stereocenters. The zero-order valence-electron chi connectivity index (χ0n) is 10.6. The Morgan fingerprint density at radius 1 is 1.56 bits per heavy atom. The topological polar surface area (TPSA) is 58.9 Å². The summed E-state index contributed by atoms with van der Waals surface area (Å²) in [7, 11) is 0. The fourth-order valence-electron chi connectivity index (χ4n) is 3.35. The summed E-state index contributed by atoms with van der Waals surface area (Å²) in [6.07, 6.45) is 7.61. The normalized spacial score (nSPS) is 44.3. The van der Waals surface area contributed by atoms with E-state index in [9.17, 15) is 4.79 Å². The fourth-order valence-corrected chi connectivity index (χ4v) is 3.35. The number of carbonyl (C=O) groups is 1. The minimum atomic E-state index is -0.145. The molecule has 0 aromatic rings. The lowest BCUT2D eigenvalue weighted by Crippen LogP contribution is -2.38. The number of fused-ring (bicyclic) bond motifs is 3. The molecule has 0 amide bonds. The van der Waals surface area contributed by atoms with Crippen LogP contribution in [0.15, 0.2) is 29.0 Å². The highest BCUT2D eigenvalue weighted by Gasteiger charge is 2.51. The van der Waals surface area contributed by atoms with E-state index < -0.39 is 0 Å². The van der Waals surface area contributed by atoms with Crippen LogP contribution in [-0.2, 0) is 9.53 Å². The lowest BCUT2D eigenvalue weighted by molar-refractivity contribution is -0.143. The van der Waals surface area contributed by atoms with Gasteiger partial charge in [-0.2, -0.15) is 0 Å². The molecule has 0 aromatic heterocycles. The van der Waals surface area contributed by atoms with Crippen LogP contribution in [0.1, 0.15) is 26.7 Å². The first kappa shape index (κ1) is 11.5. The molecule has 4 heteroatoms. The summed E-state index contributed by atoms with van der Waals surface area (Å²) in [6, 6.07) is 0. The molecule has 0 spiro atoms. The van der Waals surface area contributed by atoms with Gasteiger partial charge in [-0.05, 0) is 30.6 Å². The Hall–Kier alpha value is -1.58. The Bertz CT molecular complexity index is 491. The molecular weight excluding hydrogens is 230 g/mol. The Morgan fingerprint density at radius 3 is 3.06 bits per heavy atom. The number of esters is 1. The van der Waals surface area contributed by atoms with Gasteiger partial charge >= 0.3 is 5.97 Å². The largest absolute Gasteiger partial charge is 0.457 e. The van der Waals surface area contributed by atoms with Crippen molar-refractivity contribution in [1.29, 1.82) is 0 Å². The number of nitrogens with zero attached hydrogens (tertiary/aromatic N) is 1. The maximum Gasteiger partial charge on any atom is 0.309 e. The summed E-state index contributed by atoms with van der Waals surface area (Å²) in [5.74, 6) is 0.135. The first-order chi connectivity index (χ1) is 8.55. The second-order valence-corrected chi connectivity index (χ2v) is 5.72. The van der Waals surface area contributed by atoms with E-state index in [0.717, 1.165) is 18.4 Å². The van der Waals surface area contributed by atoms with E-state index >= 15 is 0 Å². The highest BCUT2D eigenvalue weighted by atomic mass is 16.6.